The number of anilines is 3. The van der Waals surface area contributed by atoms with E-state index in [0.717, 1.165) is 22.7 Å². The minimum absolute atomic E-state index is 1.09. The molecule has 0 saturated heterocycles. The van der Waals surface area contributed by atoms with Gasteiger partial charge in [-0.3, -0.25) is 0 Å². The molecule has 0 aliphatic carbocycles. The third-order valence-electron chi connectivity index (χ3n) is 13.8. The van der Waals surface area contributed by atoms with Gasteiger partial charge in [-0.2, -0.15) is 0 Å². The van der Waals surface area contributed by atoms with Crippen LogP contribution in [0.2, 0.25) is 0 Å². The predicted molar refractivity (Wildman–Crippen MR) is 290 cm³/mol. The fraction of sp³-hybridized carbons (Fsp3) is 0. The van der Waals surface area contributed by atoms with Crippen LogP contribution in [0.3, 0.4) is 0 Å². The Morgan fingerprint density at radius 3 is 1.57 bits per heavy atom. The number of nitrogens with zero attached hydrogens (tertiary/aromatic N) is 2. The molecule has 1 aromatic heterocycles. The molecule has 0 aliphatic heterocycles. The van der Waals surface area contributed by atoms with Crippen molar-refractivity contribution in [2.45, 2.75) is 0 Å². The van der Waals surface area contributed by atoms with Crippen molar-refractivity contribution in [3.05, 3.63) is 267 Å². The first-order chi connectivity index (χ1) is 33.7. The summed E-state index contributed by atoms with van der Waals surface area (Å²) in [6.45, 7) is 0. The normalized spacial score (nSPS) is 11.5. The van der Waals surface area contributed by atoms with Crippen LogP contribution in [0.25, 0.3) is 104 Å². The number of benzene rings is 12. The van der Waals surface area contributed by atoms with Crippen LogP contribution in [-0.4, -0.2) is 4.57 Å². The Bertz CT molecular complexity index is 4010. The molecule has 12 aromatic carbocycles. The average molecular weight is 865 g/mol. The minimum Gasteiger partial charge on any atom is -0.310 e. The summed E-state index contributed by atoms with van der Waals surface area (Å²) in [5.41, 5.74) is 16.4. The highest BCUT2D eigenvalue weighted by Gasteiger charge is 2.17. The Morgan fingerprint density at radius 2 is 0.779 bits per heavy atom. The monoisotopic (exact) mass is 864 g/mol. The molecule has 0 N–H and O–H groups in total. The van der Waals surface area contributed by atoms with Gasteiger partial charge in [0, 0.05) is 33.5 Å². The van der Waals surface area contributed by atoms with Crippen LogP contribution in [0.5, 0.6) is 0 Å². The lowest BCUT2D eigenvalue weighted by Crippen LogP contribution is -2.10. The quantitative estimate of drug-likeness (QED) is 0.138. The van der Waals surface area contributed by atoms with E-state index in [1.807, 2.05) is 0 Å². The topological polar surface area (TPSA) is 8.17 Å². The largest absolute Gasteiger partial charge is 0.310 e. The van der Waals surface area contributed by atoms with Crippen molar-refractivity contribution < 1.29 is 0 Å². The standard InChI is InChI=1S/C66H44N2/c1-2-19-55(20-3-1)68-65-26-9-8-23-63(65)64-44-53(34-40-66(64)68)47-31-37-57(38-32-47)67(58-21-11-18-54(43-58)60-24-12-25-61-59-22-7-6-14-48(59)33-39-62(60)61)56-35-29-46(30-36-56)50-16-10-17-51(41-50)52-28-27-45-13-4-5-15-49(45)42-52/h1-44H. The van der Waals surface area contributed by atoms with Gasteiger partial charge in [0.1, 0.15) is 0 Å². The van der Waals surface area contributed by atoms with E-state index in [1.165, 1.54) is 98.6 Å². The summed E-state index contributed by atoms with van der Waals surface area (Å²) in [5.74, 6) is 0. The van der Waals surface area contributed by atoms with E-state index < -0.39 is 0 Å². The van der Waals surface area contributed by atoms with Crippen molar-refractivity contribution in [1.29, 1.82) is 0 Å². The summed E-state index contributed by atoms with van der Waals surface area (Å²) in [4.78, 5) is 2.39. The molecule has 0 radical (unpaired) electrons. The molecule has 0 unspecified atom stereocenters. The molecule has 0 fully saturated rings. The lowest BCUT2D eigenvalue weighted by molar-refractivity contribution is 1.18. The zero-order valence-corrected chi connectivity index (χ0v) is 37.3. The summed E-state index contributed by atoms with van der Waals surface area (Å²) < 4.78 is 2.37. The molecule has 0 atom stereocenters. The first kappa shape index (κ1) is 39.4. The van der Waals surface area contributed by atoms with E-state index in [-0.39, 0.29) is 0 Å². The minimum atomic E-state index is 1.09. The Labute approximate surface area is 395 Å². The Morgan fingerprint density at radius 1 is 0.235 bits per heavy atom. The zero-order valence-electron chi connectivity index (χ0n) is 37.3. The second kappa shape index (κ2) is 16.5. The lowest BCUT2D eigenvalue weighted by atomic mass is 9.94. The van der Waals surface area contributed by atoms with Crippen LogP contribution < -0.4 is 4.90 Å². The molecule has 0 spiro atoms. The van der Waals surface area contributed by atoms with E-state index >= 15 is 0 Å². The number of hydrogen-bond acceptors (Lipinski definition) is 1. The van der Waals surface area contributed by atoms with E-state index in [2.05, 4.69) is 276 Å². The van der Waals surface area contributed by atoms with Crippen molar-refractivity contribution in [3.8, 4) is 50.2 Å². The van der Waals surface area contributed by atoms with Gasteiger partial charge in [-0.05, 0) is 156 Å². The maximum atomic E-state index is 2.39. The maximum Gasteiger partial charge on any atom is 0.0541 e. The number of aromatic nitrogens is 1. The zero-order chi connectivity index (χ0) is 45.0. The van der Waals surface area contributed by atoms with Gasteiger partial charge in [0.25, 0.3) is 0 Å². The fourth-order valence-corrected chi connectivity index (χ4v) is 10.4. The van der Waals surface area contributed by atoms with Gasteiger partial charge >= 0.3 is 0 Å². The lowest BCUT2D eigenvalue weighted by Gasteiger charge is -2.26. The van der Waals surface area contributed by atoms with Gasteiger partial charge in [-0.15, -0.1) is 0 Å². The van der Waals surface area contributed by atoms with Crippen molar-refractivity contribution in [2.24, 2.45) is 0 Å². The molecule has 318 valence electrons. The number of para-hydroxylation sites is 2. The van der Waals surface area contributed by atoms with Crippen LogP contribution >= 0.6 is 0 Å². The molecule has 0 amide bonds. The molecule has 13 rings (SSSR count). The Hall–Kier alpha value is -8.98. The SMILES string of the molecule is c1ccc(-n2c3ccccc3c3cc(-c4ccc(N(c5ccc(-c6cccc(-c7ccc8ccccc8c7)c6)cc5)c5cccc(-c6cccc7c6ccc6ccccc67)c5)cc4)ccc32)cc1. The van der Waals surface area contributed by atoms with Crippen LogP contribution in [0, 0.1) is 0 Å². The molecule has 13 aromatic rings. The van der Waals surface area contributed by atoms with Crippen LogP contribution in [0.1, 0.15) is 0 Å². The molecule has 68 heavy (non-hydrogen) atoms. The molecular weight excluding hydrogens is 821 g/mol. The number of fused-ring (bicyclic) bond motifs is 7. The van der Waals surface area contributed by atoms with E-state index in [4.69, 9.17) is 0 Å². The van der Waals surface area contributed by atoms with Crippen LogP contribution in [0.4, 0.5) is 17.1 Å². The second-order valence-electron chi connectivity index (χ2n) is 17.7. The van der Waals surface area contributed by atoms with Gasteiger partial charge < -0.3 is 9.47 Å². The third kappa shape index (κ3) is 6.90. The molecule has 0 bridgehead atoms. The van der Waals surface area contributed by atoms with E-state index in [9.17, 15) is 0 Å². The summed E-state index contributed by atoms with van der Waals surface area (Å²) in [5, 5.41) is 10.0. The van der Waals surface area contributed by atoms with E-state index in [0.29, 0.717) is 0 Å². The first-order valence-corrected chi connectivity index (χ1v) is 23.4. The molecule has 0 saturated carbocycles. The van der Waals surface area contributed by atoms with Gasteiger partial charge in [0.2, 0.25) is 0 Å². The molecule has 2 heteroatoms. The molecular formula is C66H44N2. The summed E-state index contributed by atoms with van der Waals surface area (Å²) >= 11 is 0. The molecule has 1 heterocycles. The highest BCUT2D eigenvalue weighted by molar-refractivity contribution is 6.13. The molecule has 2 nitrogen and oxygen atoms in total. The Balaban J connectivity index is 0.897. The highest BCUT2D eigenvalue weighted by Crippen LogP contribution is 2.42. The van der Waals surface area contributed by atoms with E-state index in [1.54, 1.807) is 0 Å². The molecule has 0 aliphatic rings. The third-order valence-corrected chi connectivity index (χ3v) is 13.8. The number of hydrogen-bond donors (Lipinski definition) is 0. The van der Waals surface area contributed by atoms with Crippen molar-refractivity contribution in [2.75, 3.05) is 4.90 Å². The van der Waals surface area contributed by atoms with Gasteiger partial charge in [-0.25, -0.2) is 0 Å². The Kier molecular flexibility index (Phi) is 9.54. The fourth-order valence-electron chi connectivity index (χ4n) is 10.4. The highest BCUT2D eigenvalue weighted by atomic mass is 15.1. The van der Waals surface area contributed by atoms with Gasteiger partial charge in [-0.1, -0.05) is 188 Å². The maximum absolute atomic E-state index is 2.39. The van der Waals surface area contributed by atoms with Gasteiger partial charge in [0.15, 0.2) is 0 Å². The second-order valence-corrected chi connectivity index (χ2v) is 17.7. The average Bonchev–Trinajstić information content (AvgIpc) is 3.75. The number of rotatable bonds is 8. The van der Waals surface area contributed by atoms with Crippen LogP contribution in [-0.2, 0) is 0 Å². The predicted octanol–water partition coefficient (Wildman–Crippen LogP) is 18.4. The summed E-state index contributed by atoms with van der Waals surface area (Å²) in [6.07, 6.45) is 0. The van der Waals surface area contributed by atoms with Crippen molar-refractivity contribution in [3.63, 3.8) is 0 Å². The van der Waals surface area contributed by atoms with Crippen molar-refractivity contribution >= 4 is 71.2 Å². The summed E-state index contributed by atoms with van der Waals surface area (Å²) in [6, 6.07) is 97.5. The van der Waals surface area contributed by atoms with Crippen LogP contribution in [0.15, 0.2) is 267 Å². The van der Waals surface area contributed by atoms with Gasteiger partial charge in [0.05, 0.1) is 11.0 Å². The van der Waals surface area contributed by atoms with Crippen molar-refractivity contribution in [1.82, 2.24) is 4.57 Å². The summed E-state index contributed by atoms with van der Waals surface area (Å²) in [7, 11) is 0. The first-order valence-electron chi connectivity index (χ1n) is 23.4. The smallest absolute Gasteiger partial charge is 0.0541 e.